The molecule has 1 aliphatic rings. The number of aliphatic imine (C=N–C) groups is 1. The van der Waals surface area contributed by atoms with Gasteiger partial charge in [-0.1, -0.05) is 6.92 Å². The van der Waals surface area contributed by atoms with Crippen LogP contribution in [0.3, 0.4) is 0 Å². The quantitative estimate of drug-likeness (QED) is 0.695. The lowest BCUT2D eigenvalue weighted by molar-refractivity contribution is 0.102. The van der Waals surface area contributed by atoms with Crippen LogP contribution in [0.1, 0.15) is 50.2 Å². The Bertz CT molecular complexity index is 1190. The van der Waals surface area contributed by atoms with Crippen LogP contribution >= 0.6 is 0 Å². The first-order chi connectivity index (χ1) is 14.9. The second-order valence-corrected chi connectivity index (χ2v) is 10.7. The van der Waals surface area contributed by atoms with E-state index in [0.717, 1.165) is 6.07 Å². The van der Waals surface area contributed by atoms with Crippen molar-refractivity contribution >= 4 is 27.3 Å². The summed E-state index contributed by atoms with van der Waals surface area (Å²) in [5.74, 6) is -1.05. The van der Waals surface area contributed by atoms with Gasteiger partial charge in [-0.3, -0.25) is 9.79 Å². The molecule has 9 nitrogen and oxygen atoms in total. The van der Waals surface area contributed by atoms with Gasteiger partial charge in [0.05, 0.1) is 24.8 Å². The zero-order chi connectivity index (χ0) is 23.9. The molecule has 0 saturated carbocycles. The van der Waals surface area contributed by atoms with Crippen LogP contribution in [0.4, 0.5) is 10.1 Å². The summed E-state index contributed by atoms with van der Waals surface area (Å²) in [7, 11) is -2.37. The van der Waals surface area contributed by atoms with Crippen molar-refractivity contribution in [2.24, 2.45) is 10.7 Å². The highest BCUT2D eigenvalue weighted by Crippen LogP contribution is 2.44. The van der Waals surface area contributed by atoms with Crippen molar-refractivity contribution < 1.29 is 22.3 Å². The first-order valence-electron chi connectivity index (χ1n) is 9.97. The van der Waals surface area contributed by atoms with Crippen LogP contribution in [0.2, 0.25) is 0 Å². The summed E-state index contributed by atoms with van der Waals surface area (Å²) in [5, 5.41) is 1.56. The van der Waals surface area contributed by atoms with E-state index in [1.807, 2.05) is 0 Å². The normalized spacial score (nSPS) is 26.8. The molecule has 2 aromatic rings. The molecule has 0 aliphatic carbocycles. The average molecular weight is 464 g/mol. The smallest absolute Gasteiger partial charge is 0.275 e. The fourth-order valence-corrected chi connectivity index (χ4v) is 5.99. The van der Waals surface area contributed by atoms with Gasteiger partial charge in [0.2, 0.25) is 5.88 Å². The molecule has 0 spiro atoms. The highest BCUT2D eigenvalue weighted by molar-refractivity contribution is 7.94. The Labute approximate surface area is 186 Å². The fraction of sp³-hybridized carbons (Fsp3) is 0.429. The number of nitrogens with zero attached hydrogens (tertiary/aromatic N) is 3. The molecule has 1 aliphatic heterocycles. The number of amides is 1. The van der Waals surface area contributed by atoms with Crippen molar-refractivity contribution in [3.05, 3.63) is 47.7 Å². The zero-order valence-corrected chi connectivity index (χ0v) is 19.3. The minimum absolute atomic E-state index is 0.00768. The third kappa shape index (κ3) is 3.60. The van der Waals surface area contributed by atoms with Crippen LogP contribution in [0.15, 0.2) is 35.6 Å². The Morgan fingerprint density at radius 1 is 1.28 bits per heavy atom. The van der Waals surface area contributed by atoms with Crippen molar-refractivity contribution in [1.29, 1.82) is 0 Å². The van der Waals surface area contributed by atoms with Crippen LogP contribution in [-0.2, 0) is 15.4 Å². The zero-order valence-electron chi connectivity index (χ0n) is 18.5. The Balaban J connectivity index is 2.02. The van der Waals surface area contributed by atoms with Gasteiger partial charge in [0.25, 0.3) is 5.91 Å². The number of carbonyl (C=O) groups excluding carboxylic acids is 1. The molecule has 1 unspecified atom stereocenters. The molecule has 1 aromatic carbocycles. The number of nitrogens with two attached hydrogens (primary N) is 1. The van der Waals surface area contributed by atoms with Crippen LogP contribution in [-0.4, -0.2) is 47.2 Å². The lowest BCUT2D eigenvalue weighted by Crippen LogP contribution is -2.60. The van der Waals surface area contributed by atoms with Crippen molar-refractivity contribution in [2.75, 3.05) is 12.4 Å². The molecular weight excluding hydrogens is 437 g/mol. The van der Waals surface area contributed by atoms with E-state index in [9.17, 15) is 17.6 Å². The lowest BCUT2D eigenvalue weighted by atomic mass is 9.87. The third-order valence-electron chi connectivity index (χ3n) is 6.29. The number of ether oxygens (including phenoxy) is 1. The Kier molecular flexibility index (Phi) is 5.98. The van der Waals surface area contributed by atoms with Crippen LogP contribution < -0.4 is 15.8 Å². The predicted octanol–water partition coefficient (Wildman–Crippen LogP) is 2.43. The number of amidine groups is 1. The number of methoxy groups -OCH3 is 1. The van der Waals surface area contributed by atoms with E-state index in [4.69, 9.17) is 10.5 Å². The number of hydrogen-bond donors (Lipinski definition) is 2. The van der Waals surface area contributed by atoms with E-state index in [0.29, 0.717) is 0 Å². The average Bonchev–Trinajstić information content (AvgIpc) is 2.77. The summed E-state index contributed by atoms with van der Waals surface area (Å²) in [6.45, 7) is 6.27. The minimum Gasteiger partial charge on any atom is -0.480 e. The predicted molar refractivity (Wildman–Crippen MR) is 119 cm³/mol. The highest BCUT2D eigenvalue weighted by atomic mass is 32.2. The van der Waals surface area contributed by atoms with E-state index in [1.54, 1.807) is 6.92 Å². The van der Waals surface area contributed by atoms with Gasteiger partial charge in [0, 0.05) is 11.3 Å². The molecule has 3 atom stereocenters. The number of rotatable bonds is 5. The van der Waals surface area contributed by atoms with Crippen LogP contribution in [0.25, 0.3) is 0 Å². The maximum atomic E-state index is 14.9. The molecular formula is C21H26FN5O4S. The first kappa shape index (κ1) is 23.6. The molecule has 0 saturated heterocycles. The number of aromatic nitrogens is 2. The monoisotopic (exact) mass is 463 g/mol. The van der Waals surface area contributed by atoms with Crippen molar-refractivity contribution in [1.82, 2.24) is 9.97 Å². The molecule has 11 heteroatoms. The van der Waals surface area contributed by atoms with E-state index in [-0.39, 0.29) is 35.1 Å². The van der Waals surface area contributed by atoms with Crippen LogP contribution in [0, 0.1) is 5.82 Å². The van der Waals surface area contributed by atoms with Gasteiger partial charge in [-0.25, -0.2) is 22.8 Å². The number of carbonyl (C=O) groups is 1. The molecule has 1 aromatic heterocycles. The number of anilines is 1. The lowest BCUT2D eigenvalue weighted by Gasteiger charge is -2.44. The fourth-order valence-electron chi connectivity index (χ4n) is 3.68. The van der Waals surface area contributed by atoms with Gasteiger partial charge >= 0.3 is 0 Å². The van der Waals surface area contributed by atoms with E-state index in [2.05, 4.69) is 20.3 Å². The topological polar surface area (TPSA) is 137 Å². The minimum atomic E-state index is -3.80. The third-order valence-corrected chi connectivity index (χ3v) is 9.44. The Morgan fingerprint density at radius 3 is 2.53 bits per heavy atom. The number of hydrogen-bond acceptors (Lipinski definition) is 8. The number of sulfone groups is 1. The van der Waals surface area contributed by atoms with Gasteiger partial charge < -0.3 is 15.8 Å². The molecule has 0 fully saturated rings. The maximum absolute atomic E-state index is 14.9. The molecule has 32 heavy (non-hydrogen) atoms. The molecule has 2 heterocycles. The van der Waals surface area contributed by atoms with E-state index < -0.39 is 37.1 Å². The summed E-state index contributed by atoms with van der Waals surface area (Å²) in [4.78, 5) is 24.9. The molecule has 0 radical (unpaired) electrons. The number of nitrogens with one attached hydrogen (secondary N) is 1. The van der Waals surface area contributed by atoms with Gasteiger partial charge in [-0.05, 0) is 45.4 Å². The largest absolute Gasteiger partial charge is 0.480 e. The molecule has 3 N–H and O–H groups in total. The molecule has 1 amide bonds. The maximum Gasteiger partial charge on any atom is 0.275 e. The number of halogens is 1. The highest BCUT2D eigenvalue weighted by Gasteiger charge is 2.56. The second-order valence-electron chi connectivity index (χ2n) is 8.01. The van der Waals surface area contributed by atoms with E-state index >= 15 is 0 Å². The van der Waals surface area contributed by atoms with Crippen molar-refractivity contribution in [2.45, 2.75) is 49.7 Å². The van der Waals surface area contributed by atoms with Crippen LogP contribution in [0.5, 0.6) is 5.88 Å². The van der Waals surface area contributed by atoms with Gasteiger partial charge in [0.15, 0.2) is 9.84 Å². The summed E-state index contributed by atoms with van der Waals surface area (Å²) in [5.41, 5.74) is 4.89. The van der Waals surface area contributed by atoms with Crippen molar-refractivity contribution in [3.8, 4) is 5.88 Å². The first-order valence-corrected chi connectivity index (χ1v) is 11.5. The summed E-state index contributed by atoms with van der Waals surface area (Å²) in [6, 6.07) is 3.87. The summed E-state index contributed by atoms with van der Waals surface area (Å²) >= 11 is 0. The molecule has 172 valence electrons. The summed E-state index contributed by atoms with van der Waals surface area (Å²) in [6.07, 6.45) is 2.78. The standard InChI is InChI=1S/C21H26FN5O4S/c1-6-20(3)19(23)27-21(4,12(2)32(20,29)30)14-9-13(7-8-15(14)22)26-18(28)16-10-25-17(31-5)11-24-16/h7-12H,6H2,1-5H3,(H2,23,27)(H,26,28)/t12?,20-,21+/m1/s1. The van der Waals surface area contributed by atoms with Crippen molar-refractivity contribution in [3.63, 3.8) is 0 Å². The van der Waals surface area contributed by atoms with E-state index in [1.165, 1.54) is 52.4 Å². The van der Waals surface area contributed by atoms with Gasteiger partial charge in [-0.15, -0.1) is 0 Å². The Hall–Kier alpha value is -3.08. The summed E-state index contributed by atoms with van der Waals surface area (Å²) < 4.78 is 45.1. The second kappa shape index (κ2) is 8.12. The molecule has 0 bridgehead atoms. The SMILES string of the molecule is CC[C@]1(C)C(N)=N[C@](C)(c2cc(NC(=O)c3cnc(OC)cn3)ccc2F)C(C)S1(=O)=O. The number of benzene rings is 1. The van der Waals surface area contributed by atoms with Gasteiger partial charge in [-0.2, -0.15) is 0 Å². The molecule has 3 rings (SSSR count). The Morgan fingerprint density at radius 2 is 1.97 bits per heavy atom. The van der Waals surface area contributed by atoms with Gasteiger partial charge in [0.1, 0.15) is 27.6 Å².